The number of hydrogen-bond donors (Lipinski definition) is 1. The van der Waals surface area contributed by atoms with E-state index in [2.05, 4.69) is 16.6 Å². The van der Waals surface area contributed by atoms with Gasteiger partial charge in [-0.1, -0.05) is 30.7 Å². The average Bonchev–Trinajstić information content (AvgIpc) is 2.80. The molecule has 1 saturated heterocycles. The number of carbonyl (C=O) groups excluding carboxylic acids is 1. The Balaban J connectivity index is 1.63. The number of rotatable bonds is 6. The zero-order chi connectivity index (χ0) is 23.6. The third-order valence-corrected chi connectivity index (χ3v) is 7.70. The van der Waals surface area contributed by atoms with E-state index in [1.54, 1.807) is 37.3 Å². The molecule has 0 atom stereocenters. The SMILES string of the molecule is Cc1cc(C(=O)c2cc(Cl)ccc2NS(=O)(=O)c2ccc(C3(C)CCOCC3)cc2)ccn1. The van der Waals surface area contributed by atoms with Crippen molar-refractivity contribution in [3.05, 3.63) is 88.2 Å². The van der Waals surface area contributed by atoms with Crippen LogP contribution in [0.5, 0.6) is 0 Å². The summed E-state index contributed by atoms with van der Waals surface area (Å²) in [5.41, 5.74) is 2.47. The van der Waals surface area contributed by atoms with Crippen LogP contribution < -0.4 is 4.72 Å². The molecular formula is C25H25ClN2O4S. The minimum atomic E-state index is -3.92. The normalized spacial score (nSPS) is 15.7. The highest BCUT2D eigenvalue weighted by Gasteiger charge is 2.29. The second-order valence-electron chi connectivity index (χ2n) is 8.51. The topological polar surface area (TPSA) is 85.4 Å². The summed E-state index contributed by atoms with van der Waals surface area (Å²) < 4.78 is 34.3. The smallest absolute Gasteiger partial charge is 0.261 e. The van der Waals surface area contributed by atoms with Crippen molar-refractivity contribution >= 4 is 33.1 Å². The maximum atomic E-state index is 13.1. The van der Waals surface area contributed by atoms with Crippen LogP contribution in [0.1, 0.15) is 46.9 Å². The van der Waals surface area contributed by atoms with E-state index >= 15 is 0 Å². The summed E-state index contributed by atoms with van der Waals surface area (Å²) in [5, 5.41) is 0.334. The minimum Gasteiger partial charge on any atom is -0.381 e. The second-order valence-corrected chi connectivity index (χ2v) is 10.6. The fourth-order valence-electron chi connectivity index (χ4n) is 3.99. The molecule has 1 aromatic heterocycles. The van der Waals surface area contributed by atoms with Crippen LogP contribution in [-0.2, 0) is 20.2 Å². The molecule has 3 aromatic rings. The zero-order valence-electron chi connectivity index (χ0n) is 18.5. The van der Waals surface area contributed by atoms with Crippen molar-refractivity contribution in [3.63, 3.8) is 0 Å². The van der Waals surface area contributed by atoms with Gasteiger partial charge >= 0.3 is 0 Å². The fourth-order valence-corrected chi connectivity index (χ4v) is 5.24. The van der Waals surface area contributed by atoms with Gasteiger partial charge in [-0.3, -0.25) is 14.5 Å². The van der Waals surface area contributed by atoms with E-state index in [0.29, 0.717) is 29.5 Å². The molecular weight excluding hydrogens is 460 g/mol. The van der Waals surface area contributed by atoms with Crippen molar-refractivity contribution in [1.29, 1.82) is 0 Å². The first kappa shape index (κ1) is 23.4. The summed E-state index contributed by atoms with van der Waals surface area (Å²) in [6, 6.07) is 14.7. The third-order valence-electron chi connectivity index (χ3n) is 6.09. The second kappa shape index (κ2) is 9.25. The van der Waals surface area contributed by atoms with E-state index in [4.69, 9.17) is 16.3 Å². The number of anilines is 1. The number of benzene rings is 2. The Hall–Kier alpha value is -2.74. The molecule has 0 spiro atoms. The molecule has 33 heavy (non-hydrogen) atoms. The average molecular weight is 485 g/mol. The van der Waals surface area contributed by atoms with Crippen molar-refractivity contribution in [3.8, 4) is 0 Å². The Morgan fingerprint density at radius 1 is 1.06 bits per heavy atom. The molecule has 4 rings (SSSR count). The van der Waals surface area contributed by atoms with Gasteiger partial charge in [0.1, 0.15) is 0 Å². The Morgan fingerprint density at radius 2 is 1.76 bits per heavy atom. The number of ether oxygens (including phenoxy) is 1. The summed E-state index contributed by atoms with van der Waals surface area (Å²) in [6.45, 7) is 5.34. The van der Waals surface area contributed by atoms with Gasteiger partial charge in [0.05, 0.1) is 10.6 Å². The Kier molecular flexibility index (Phi) is 6.56. The maximum Gasteiger partial charge on any atom is 0.261 e. The van der Waals surface area contributed by atoms with Gasteiger partial charge in [0.25, 0.3) is 10.0 Å². The van der Waals surface area contributed by atoms with Gasteiger partial charge in [0.15, 0.2) is 5.78 Å². The summed E-state index contributed by atoms with van der Waals surface area (Å²) in [5.74, 6) is -0.344. The third kappa shape index (κ3) is 5.11. The van der Waals surface area contributed by atoms with E-state index in [9.17, 15) is 13.2 Å². The minimum absolute atomic E-state index is 0.0353. The van der Waals surface area contributed by atoms with E-state index in [1.165, 1.54) is 18.3 Å². The summed E-state index contributed by atoms with van der Waals surface area (Å²) in [7, 11) is -3.92. The highest BCUT2D eigenvalue weighted by molar-refractivity contribution is 7.92. The van der Waals surface area contributed by atoms with Crippen LogP contribution in [-0.4, -0.2) is 32.4 Å². The number of nitrogens with zero attached hydrogens (tertiary/aromatic N) is 1. The van der Waals surface area contributed by atoms with E-state index in [1.807, 2.05) is 12.1 Å². The van der Waals surface area contributed by atoms with Crippen molar-refractivity contribution < 1.29 is 17.9 Å². The number of aryl methyl sites for hydroxylation is 1. The quantitative estimate of drug-likeness (QED) is 0.489. The van der Waals surface area contributed by atoms with Gasteiger partial charge < -0.3 is 4.74 Å². The molecule has 8 heteroatoms. The van der Waals surface area contributed by atoms with Crippen molar-refractivity contribution in [2.45, 2.75) is 37.0 Å². The Labute approximate surface area is 199 Å². The van der Waals surface area contributed by atoms with E-state index in [0.717, 1.165) is 18.4 Å². The van der Waals surface area contributed by atoms with Crippen LogP contribution in [0.15, 0.2) is 65.7 Å². The lowest BCUT2D eigenvalue weighted by atomic mass is 9.76. The zero-order valence-corrected chi connectivity index (χ0v) is 20.0. The molecule has 0 unspecified atom stereocenters. The first-order valence-electron chi connectivity index (χ1n) is 10.7. The summed E-state index contributed by atoms with van der Waals surface area (Å²) >= 11 is 6.12. The van der Waals surface area contributed by atoms with E-state index < -0.39 is 10.0 Å². The molecule has 1 fully saturated rings. The number of carbonyl (C=O) groups is 1. The lowest BCUT2D eigenvalue weighted by molar-refractivity contribution is 0.0564. The molecule has 0 bridgehead atoms. The molecule has 1 aliphatic rings. The molecule has 1 aliphatic heterocycles. The number of nitrogens with one attached hydrogen (secondary N) is 1. The molecule has 0 radical (unpaired) electrons. The number of hydrogen-bond acceptors (Lipinski definition) is 5. The lowest BCUT2D eigenvalue weighted by Gasteiger charge is -2.34. The van der Waals surface area contributed by atoms with Crippen LogP contribution in [0.2, 0.25) is 5.02 Å². The van der Waals surface area contributed by atoms with Crippen LogP contribution in [0.4, 0.5) is 5.69 Å². The number of pyridine rings is 1. The first-order valence-corrected chi connectivity index (χ1v) is 12.5. The number of halogens is 1. The van der Waals surface area contributed by atoms with Crippen LogP contribution >= 0.6 is 11.6 Å². The summed E-state index contributed by atoms with van der Waals surface area (Å²) in [4.78, 5) is 17.3. The standard InChI is InChI=1S/C25H25ClN2O4S/c1-17-15-18(9-12-27-17)24(29)22-16-20(26)5-8-23(22)28-33(30,31)21-6-3-19(4-7-21)25(2)10-13-32-14-11-25/h3-9,12,15-16,28H,10-11,13-14H2,1-2H3. The van der Waals surface area contributed by atoms with Crippen LogP contribution in [0.3, 0.4) is 0 Å². The van der Waals surface area contributed by atoms with Gasteiger partial charge in [-0.25, -0.2) is 8.42 Å². The number of sulfonamides is 1. The van der Waals surface area contributed by atoms with Gasteiger partial charge in [0, 0.05) is 41.3 Å². The molecule has 0 aliphatic carbocycles. The van der Waals surface area contributed by atoms with Gasteiger partial charge in [0.2, 0.25) is 0 Å². The Morgan fingerprint density at radius 3 is 2.42 bits per heavy atom. The Bertz CT molecular complexity index is 1280. The van der Waals surface area contributed by atoms with Crippen LogP contribution in [0, 0.1) is 6.92 Å². The molecule has 6 nitrogen and oxygen atoms in total. The van der Waals surface area contributed by atoms with Crippen LogP contribution in [0.25, 0.3) is 0 Å². The van der Waals surface area contributed by atoms with Gasteiger partial charge in [-0.15, -0.1) is 0 Å². The van der Waals surface area contributed by atoms with Crippen molar-refractivity contribution in [2.75, 3.05) is 17.9 Å². The molecule has 1 N–H and O–H groups in total. The number of aromatic nitrogens is 1. The first-order chi connectivity index (χ1) is 15.7. The number of ketones is 1. The monoisotopic (exact) mass is 484 g/mol. The van der Waals surface area contributed by atoms with Crippen molar-refractivity contribution in [2.24, 2.45) is 0 Å². The molecule has 2 aromatic carbocycles. The molecule has 0 amide bonds. The maximum absolute atomic E-state index is 13.1. The predicted octanol–water partition coefficient (Wildman–Crippen LogP) is 5.14. The highest BCUT2D eigenvalue weighted by Crippen LogP contribution is 2.35. The highest BCUT2D eigenvalue weighted by atomic mass is 35.5. The lowest BCUT2D eigenvalue weighted by Crippen LogP contribution is -2.30. The molecule has 2 heterocycles. The predicted molar refractivity (Wildman–Crippen MR) is 129 cm³/mol. The largest absolute Gasteiger partial charge is 0.381 e. The fraction of sp³-hybridized carbons (Fsp3) is 0.280. The summed E-state index contributed by atoms with van der Waals surface area (Å²) in [6.07, 6.45) is 3.32. The molecule has 172 valence electrons. The van der Waals surface area contributed by atoms with Gasteiger partial charge in [-0.05, 0) is 73.2 Å². The van der Waals surface area contributed by atoms with Crippen molar-refractivity contribution in [1.82, 2.24) is 4.98 Å². The van der Waals surface area contributed by atoms with Gasteiger partial charge in [-0.2, -0.15) is 0 Å². The van der Waals surface area contributed by atoms with E-state index in [-0.39, 0.29) is 27.3 Å². The molecule has 0 saturated carbocycles.